The molecule has 2 aliphatic heterocycles. The average molecular weight is 417 g/mol. The van der Waals surface area contributed by atoms with Crippen molar-refractivity contribution in [3.8, 4) is 11.5 Å². The number of rotatable bonds is 3. The number of sulfonamides is 1. The summed E-state index contributed by atoms with van der Waals surface area (Å²) in [6.07, 6.45) is 1.66. The van der Waals surface area contributed by atoms with Crippen molar-refractivity contribution in [3.05, 3.63) is 53.1 Å². The molecule has 29 heavy (non-hydrogen) atoms. The normalized spacial score (nSPS) is 17.0. The molecule has 0 aromatic heterocycles. The number of fused-ring (bicyclic) bond motifs is 2. The SMILES string of the molecule is C[C@@H]1Cc2cc(C(=O)NNC(=O)c3ccc4c(c3)OCO4)ccc2N1S(C)(=O)=O. The molecule has 4 rings (SSSR count). The van der Waals surface area contributed by atoms with E-state index in [1.165, 1.54) is 16.4 Å². The fourth-order valence-corrected chi connectivity index (χ4v) is 4.81. The van der Waals surface area contributed by atoms with Crippen LogP contribution in [-0.4, -0.2) is 39.3 Å². The topological polar surface area (TPSA) is 114 Å². The number of hydrogen-bond acceptors (Lipinski definition) is 6. The summed E-state index contributed by atoms with van der Waals surface area (Å²) in [4.78, 5) is 24.7. The zero-order valence-electron chi connectivity index (χ0n) is 15.8. The molecule has 2 aliphatic rings. The van der Waals surface area contributed by atoms with Crippen molar-refractivity contribution >= 4 is 27.5 Å². The smallest absolute Gasteiger partial charge is 0.269 e. The molecule has 0 aliphatic carbocycles. The molecule has 0 bridgehead atoms. The van der Waals surface area contributed by atoms with E-state index in [1.54, 1.807) is 24.3 Å². The summed E-state index contributed by atoms with van der Waals surface area (Å²) in [5.41, 5.74) is 6.68. The van der Waals surface area contributed by atoms with Crippen LogP contribution < -0.4 is 24.6 Å². The summed E-state index contributed by atoms with van der Waals surface area (Å²) in [5, 5.41) is 0. The molecule has 2 aromatic rings. The minimum atomic E-state index is -3.40. The first-order valence-electron chi connectivity index (χ1n) is 8.87. The summed E-state index contributed by atoms with van der Waals surface area (Å²) in [7, 11) is -3.40. The van der Waals surface area contributed by atoms with Crippen molar-refractivity contribution in [2.24, 2.45) is 0 Å². The van der Waals surface area contributed by atoms with Gasteiger partial charge in [0.1, 0.15) is 0 Å². The first-order chi connectivity index (χ1) is 13.7. The molecular weight excluding hydrogens is 398 g/mol. The van der Waals surface area contributed by atoms with E-state index in [1.807, 2.05) is 6.92 Å². The number of benzene rings is 2. The number of ether oxygens (including phenoxy) is 2. The van der Waals surface area contributed by atoms with E-state index in [0.29, 0.717) is 34.7 Å². The van der Waals surface area contributed by atoms with Gasteiger partial charge in [-0.05, 0) is 55.3 Å². The lowest BCUT2D eigenvalue weighted by atomic mass is 10.1. The molecule has 2 amide bonds. The molecule has 1 atom stereocenters. The molecule has 2 heterocycles. The van der Waals surface area contributed by atoms with Crippen LogP contribution in [-0.2, 0) is 16.4 Å². The van der Waals surface area contributed by atoms with Crippen molar-refractivity contribution in [2.45, 2.75) is 19.4 Å². The Labute approximate surface area is 167 Å². The monoisotopic (exact) mass is 417 g/mol. The molecule has 2 N–H and O–H groups in total. The molecule has 0 spiro atoms. The third-order valence-electron chi connectivity index (χ3n) is 4.78. The van der Waals surface area contributed by atoms with E-state index >= 15 is 0 Å². The summed E-state index contributed by atoms with van der Waals surface area (Å²) in [5.74, 6) is 0.00952. The lowest BCUT2D eigenvalue weighted by Gasteiger charge is -2.21. The average Bonchev–Trinajstić information content (AvgIpc) is 3.26. The largest absolute Gasteiger partial charge is 0.454 e. The van der Waals surface area contributed by atoms with Crippen LogP contribution in [0.5, 0.6) is 11.5 Å². The molecule has 2 aromatic carbocycles. The predicted octanol–water partition coefficient (Wildman–Crippen LogP) is 1.20. The van der Waals surface area contributed by atoms with Gasteiger partial charge in [-0.3, -0.25) is 24.7 Å². The minimum Gasteiger partial charge on any atom is -0.454 e. The van der Waals surface area contributed by atoms with E-state index in [9.17, 15) is 18.0 Å². The van der Waals surface area contributed by atoms with Crippen LogP contribution in [0, 0.1) is 0 Å². The minimum absolute atomic E-state index is 0.102. The standard InChI is InChI=1S/C19H19N3O6S/c1-11-7-14-8-12(3-5-15(14)22(11)29(2,25)26)18(23)20-21-19(24)13-4-6-16-17(9-13)28-10-27-16/h3-6,8-9,11H,7,10H2,1-2H3,(H,20,23)(H,21,24)/t11-/m1/s1. The summed E-state index contributed by atoms with van der Waals surface area (Å²) >= 11 is 0. The first kappa shape index (κ1) is 19.1. The third kappa shape index (κ3) is 3.58. The van der Waals surface area contributed by atoms with Crippen molar-refractivity contribution in [1.82, 2.24) is 10.9 Å². The Morgan fingerprint density at radius 2 is 1.62 bits per heavy atom. The number of nitrogens with zero attached hydrogens (tertiary/aromatic N) is 1. The Hall–Kier alpha value is -3.27. The highest BCUT2D eigenvalue weighted by Crippen LogP contribution is 2.35. The number of hydrazine groups is 1. The fourth-order valence-electron chi connectivity index (χ4n) is 3.55. The fraction of sp³-hybridized carbons (Fsp3) is 0.263. The lowest BCUT2D eigenvalue weighted by Crippen LogP contribution is -2.41. The van der Waals surface area contributed by atoms with Gasteiger partial charge in [0, 0.05) is 17.2 Å². The van der Waals surface area contributed by atoms with Crippen LogP contribution in [0.15, 0.2) is 36.4 Å². The van der Waals surface area contributed by atoms with Crippen LogP contribution in [0.3, 0.4) is 0 Å². The quantitative estimate of drug-likeness (QED) is 0.726. The maximum atomic E-state index is 12.4. The summed E-state index contributed by atoms with van der Waals surface area (Å²) in [6.45, 7) is 1.91. The maximum Gasteiger partial charge on any atom is 0.269 e. The number of nitrogens with one attached hydrogen (secondary N) is 2. The van der Waals surface area contributed by atoms with Gasteiger partial charge in [0.25, 0.3) is 11.8 Å². The molecular formula is C19H19N3O6S. The van der Waals surface area contributed by atoms with Gasteiger partial charge in [-0.25, -0.2) is 8.42 Å². The Bertz CT molecular complexity index is 1110. The second-order valence-corrected chi connectivity index (χ2v) is 8.79. The Morgan fingerprint density at radius 1 is 1.00 bits per heavy atom. The first-order valence-corrected chi connectivity index (χ1v) is 10.7. The number of carbonyl (C=O) groups excluding carboxylic acids is 2. The van der Waals surface area contributed by atoms with Gasteiger partial charge in [0.05, 0.1) is 11.9 Å². The number of hydrogen-bond donors (Lipinski definition) is 2. The molecule has 152 valence electrons. The molecule has 0 radical (unpaired) electrons. The van der Waals surface area contributed by atoms with Gasteiger partial charge in [-0.1, -0.05) is 0 Å². The Balaban J connectivity index is 1.44. The van der Waals surface area contributed by atoms with Gasteiger partial charge in [0.2, 0.25) is 16.8 Å². The van der Waals surface area contributed by atoms with E-state index in [4.69, 9.17) is 9.47 Å². The van der Waals surface area contributed by atoms with Crippen LogP contribution in [0.2, 0.25) is 0 Å². The zero-order chi connectivity index (χ0) is 20.8. The second-order valence-electron chi connectivity index (χ2n) is 6.93. The van der Waals surface area contributed by atoms with Crippen LogP contribution in [0.4, 0.5) is 5.69 Å². The molecule has 9 nitrogen and oxygen atoms in total. The van der Waals surface area contributed by atoms with Gasteiger partial charge in [-0.2, -0.15) is 0 Å². The van der Waals surface area contributed by atoms with Gasteiger partial charge < -0.3 is 9.47 Å². The Kier molecular flexibility index (Phi) is 4.58. The van der Waals surface area contributed by atoms with Gasteiger partial charge in [0.15, 0.2) is 11.5 Å². The summed E-state index contributed by atoms with van der Waals surface area (Å²) < 4.78 is 35.8. The molecule has 10 heteroatoms. The predicted molar refractivity (Wildman–Crippen MR) is 104 cm³/mol. The number of carbonyl (C=O) groups is 2. The maximum absolute atomic E-state index is 12.4. The molecule has 0 unspecified atom stereocenters. The number of anilines is 1. The molecule has 0 fully saturated rings. The third-order valence-corrected chi connectivity index (χ3v) is 6.05. The lowest BCUT2D eigenvalue weighted by molar-refractivity contribution is 0.0846. The van der Waals surface area contributed by atoms with Crippen LogP contribution in [0.1, 0.15) is 33.2 Å². The highest BCUT2D eigenvalue weighted by molar-refractivity contribution is 7.92. The van der Waals surface area contributed by atoms with Crippen molar-refractivity contribution < 1.29 is 27.5 Å². The van der Waals surface area contributed by atoms with E-state index in [2.05, 4.69) is 10.9 Å². The highest BCUT2D eigenvalue weighted by Gasteiger charge is 2.32. The van der Waals surface area contributed by atoms with Crippen LogP contribution in [0.25, 0.3) is 0 Å². The summed E-state index contributed by atoms with van der Waals surface area (Å²) in [6, 6.07) is 9.26. The van der Waals surface area contributed by atoms with Crippen LogP contribution >= 0.6 is 0 Å². The molecule has 0 saturated carbocycles. The van der Waals surface area contributed by atoms with E-state index < -0.39 is 21.8 Å². The van der Waals surface area contributed by atoms with Crippen molar-refractivity contribution in [1.29, 1.82) is 0 Å². The van der Waals surface area contributed by atoms with E-state index in [-0.39, 0.29) is 12.8 Å². The van der Waals surface area contributed by atoms with Gasteiger partial charge >= 0.3 is 0 Å². The van der Waals surface area contributed by atoms with Gasteiger partial charge in [-0.15, -0.1) is 0 Å². The molecule has 0 saturated heterocycles. The highest BCUT2D eigenvalue weighted by atomic mass is 32.2. The zero-order valence-corrected chi connectivity index (χ0v) is 16.6. The van der Waals surface area contributed by atoms with Crippen molar-refractivity contribution in [2.75, 3.05) is 17.4 Å². The number of amides is 2. The second kappa shape index (κ2) is 6.96. The van der Waals surface area contributed by atoms with Crippen molar-refractivity contribution in [3.63, 3.8) is 0 Å². The van der Waals surface area contributed by atoms with E-state index in [0.717, 1.165) is 11.8 Å². The Morgan fingerprint density at radius 3 is 2.31 bits per heavy atom.